The maximum absolute atomic E-state index is 12.1. The van der Waals surface area contributed by atoms with Gasteiger partial charge in [0, 0.05) is 4.47 Å². The Labute approximate surface area is 114 Å². The molecule has 17 heavy (non-hydrogen) atoms. The Hall–Kier alpha value is 0.0500. The molecule has 0 fully saturated rings. The summed E-state index contributed by atoms with van der Waals surface area (Å²) in [6, 6.07) is 1.68. The van der Waals surface area contributed by atoms with Crippen molar-refractivity contribution in [3.05, 3.63) is 15.9 Å². The lowest BCUT2D eigenvalue weighted by Crippen LogP contribution is -2.57. The summed E-state index contributed by atoms with van der Waals surface area (Å²) in [6.45, 7) is 6.43. The van der Waals surface area contributed by atoms with Crippen molar-refractivity contribution in [3.63, 3.8) is 0 Å². The highest BCUT2D eigenvalue weighted by Crippen LogP contribution is 2.30. The molecule has 1 aromatic heterocycles. The van der Waals surface area contributed by atoms with Crippen molar-refractivity contribution in [2.45, 2.75) is 43.0 Å². The van der Waals surface area contributed by atoms with Crippen molar-refractivity contribution < 1.29 is 13.5 Å². The fraction of sp³-hybridized carbons (Fsp3) is 0.600. The van der Waals surface area contributed by atoms with Gasteiger partial charge in [0.1, 0.15) is 4.21 Å². The van der Waals surface area contributed by atoms with Crippen LogP contribution in [0.2, 0.25) is 0 Å². The van der Waals surface area contributed by atoms with Crippen LogP contribution in [0.25, 0.3) is 0 Å². The van der Waals surface area contributed by atoms with E-state index in [1.807, 2.05) is 0 Å². The first-order valence-corrected chi connectivity index (χ1v) is 8.12. The molecule has 0 aliphatic heterocycles. The summed E-state index contributed by atoms with van der Waals surface area (Å²) in [5.74, 6) is 0. The zero-order chi connectivity index (χ0) is 13.5. The van der Waals surface area contributed by atoms with Gasteiger partial charge in [0.05, 0.1) is 11.1 Å². The lowest BCUT2D eigenvalue weighted by atomic mass is 9.87. The smallest absolute Gasteiger partial charge is 0.251 e. The van der Waals surface area contributed by atoms with Crippen molar-refractivity contribution in [3.8, 4) is 0 Å². The highest BCUT2D eigenvalue weighted by molar-refractivity contribution is 9.10. The Morgan fingerprint density at radius 3 is 2.24 bits per heavy atom. The lowest BCUT2D eigenvalue weighted by Gasteiger charge is -2.37. The molecule has 0 amide bonds. The van der Waals surface area contributed by atoms with Gasteiger partial charge in [-0.05, 0) is 55.1 Å². The van der Waals surface area contributed by atoms with E-state index in [9.17, 15) is 13.5 Å². The van der Waals surface area contributed by atoms with Crippen molar-refractivity contribution in [2.24, 2.45) is 0 Å². The van der Waals surface area contributed by atoms with Gasteiger partial charge in [0.15, 0.2) is 0 Å². The van der Waals surface area contributed by atoms with E-state index >= 15 is 0 Å². The number of sulfonamides is 1. The number of halogens is 1. The van der Waals surface area contributed by atoms with Gasteiger partial charge in [-0.3, -0.25) is 0 Å². The topological polar surface area (TPSA) is 66.4 Å². The monoisotopic (exact) mass is 341 g/mol. The first kappa shape index (κ1) is 15.1. The molecule has 0 saturated carbocycles. The van der Waals surface area contributed by atoms with Crippen LogP contribution in [0.4, 0.5) is 0 Å². The van der Waals surface area contributed by atoms with Crippen LogP contribution in [0.15, 0.2) is 20.1 Å². The van der Waals surface area contributed by atoms with E-state index in [-0.39, 0.29) is 4.21 Å². The first-order chi connectivity index (χ1) is 7.47. The molecule has 0 atom stereocenters. The largest absolute Gasteiger partial charge is 0.389 e. The van der Waals surface area contributed by atoms with Gasteiger partial charge in [-0.1, -0.05) is 0 Å². The second-order valence-corrected chi connectivity index (χ2v) is 8.49. The van der Waals surface area contributed by atoms with Crippen LogP contribution in [0.1, 0.15) is 27.7 Å². The van der Waals surface area contributed by atoms with E-state index in [1.165, 1.54) is 0 Å². The Morgan fingerprint density at radius 1 is 1.35 bits per heavy atom. The molecule has 98 valence electrons. The highest BCUT2D eigenvalue weighted by atomic mass is 79.9. The minimum atomic E-state index is -3.63. The van der Waals surface area contributed by atoms with Gasteiger partial charge in [0.2, 0.25) is 0 Å². The summed E-state index contributed by atoms with van der Waals surface area (Å²) in [4.78, 5) is 0. The number of nitrogens with one attached hydrogen (secondary N) is 1. The predicted molar refractivity (Wildman–Crippen MR) is 72.7 cm³/mol. The molecule has 7 heteroatoms. The van der Waals surface area contributed by atoms with Crippen LogP contribution >= 0.6 is 27.3 Å². The highest BCUT2D eigenvalue weighted by Gasteiger charge is 2.39. The van der Waals surface area contributed by atoms with Crippen LogP contribution in [0.3, 0.4) is 0 Å². The second kappa shape index (κ2) is 4.62. The number of hydrogen-bond donors (Lipinski definition) is 2. The molecule has 0 aliphatic rings. The van der Waals surface area contributed by atoms with Crippen LogP contribution < -0.4 is 4.72 Å². The Bertz CT molecular complexity index is 500. The Balaban J connectivity index is 3.08. The van der Waals surface area contributed by atoms with E-state index in [4.69, 9.17) is 0 Å². The van der Waals surface area contributed by atoms with Crippen LogP contribution in [-0.4, -0.2) is 24.7 Å². The molecule has 1 aromatic rings. The molecule has 0 aliphatic carbocycles. The normalized spacial score (nSPS) is 14.0. The molecule has 0 aromatic carbocycles. The third kappa shape index (κ3) is 3.29. The van der Waals surface area contributed by atoms with Gasteiger partial charge in [-0.2, -0.15) is 0 Å². The molecule has 0 unspecified atom stereocenters. The summed E-state index contributed by atoms with van der Waals surface area (Å²) in [5, 5.41) is 11.6. The Morgan fingerprint density at radius 2 is 1.88 bits per heavy atom. The van der Waals surface area contributed by atoms with Gasteiger partial charge in [-0.15, -0.1) is 11.3 Å². The number of thiophene rings is 1. The van der Waals surface area contributed by atoms with Crippen molar-refractivity contribution in [1.29, 1.82) is 0 Å². The minimum absolute atomic E-state index is 0.217. The molecule has 0 saturated heterocycles. The minimum Gasteiger partial charge on any atom is -0.389 e. The molecule has 0 spiro atoms. The lowest BCUT2D eigenvalue weighted by molar-refractivity contribution is 0.00640. The molecule has 2 N–H and O–H groups in total. The van der Waals surface area contributed by atoms with E-state index in [2.05, 4.69) is 20.7 Å². The fourth-order valence-corrected chi connectivity index (χ4v) is 4.85. The average Bonchev–Trinajstić information content (AvgIpc) is 2.47. The van der Waals surface area contributed by atoms with E-state index in [0.717, 1.165) is 11.3 Å². The summed E-state index contributed by atoms with van der Waals surface area (Å²) in [7, 11) is -3.63. The number of hydrogen-bond acceptors (Lipinski definition) is 4. The van der Waals surface area contributed by atoms with E-state index in [1.54, 1.807) is 39.1 Å². The first-order valence-electron chi connectivity index (χ1n) is 4.97. The molecule has 1 heterocycles. The summed E-state index contributed by atoms with van der Waals surface area (Å²) < 4.78 is 27.5. The quantitative estimate of drug-likeness (QED) is 0.883. The third-order valence-corrected chi connectivity index (χ3v) is 7.07. The SMILES string of the molecule is CC(C)(O)C(C)(C)NS(=O)(=O)c1sccc1Br. The zero-order valence-electron chi connectivity index (χ0n) is 10.1. The van der Waals surface area contributed by atoms with Crippen molar-refractivity contribution in [2.75, 3.05) is 0 Å². The third-order valence-electron chi connectivity index (χ3n) is 2.75. The van der Waals surface area contributed by atoms with Gasteiger partial charge < -0.3 is 5.11 Å². The molecular weight excluding hydrogens is 326 g/mol. The second-order valence-electron chi connectivity index (χ2n) is 4.85. The summed E-state index contributed by atoms with van der Waals surface area (Å²) in [6.07, 6.45) is 0. The molecule has 1 rings (SSSR count). The zero-order valence-corrected chi connectivity index (χ0v) is 13.3. The number of aliphatic hydroxyl groups is 1. The molecular formula is C10H16BrNO3S2. The molecule has 0 radical (unpaired) electrons. The van der Waals surface area contributed by atoms with Gasteiger partial charge in [0.25, 0.3) is 10.0 Å². The number of rotatable bonds is 4. The van der Waals surface area contributed by atoms with Crippen molar-refractivity contribution in [1.82, 2.24) is 4.72 Å². The standard InChI is InChI=1S/C10H16BrNO3S2/c1-9(2,10(3,4)13)12-17(14,15)8-7(11)5-6-16-8/h5-6,12-13H,1-4H3. The molecule has 0 bridgehead atoms. The maximum atomic E-state index is 12.1. The fourth-order valence-electron chi connectivity index (χ4n) is 0.979. The van der Waals surface area contributed by atoms with Crippen LogP contribution in [0, 0.1) is 0 Å². The Kier molecular flexibility index (Phi) is 4.11. The average molecular weight is 342 g/mol. The summed E-state index contributed by atoms with van der Waals surface area (Å²) in [5.41, 5.74) is -2.13. The van der Waals surface area contributed by atoms with E-state index in [0.29, 0.717) is 4.47 Å². The van der Waals surface area contributed by atoms with Gasteiger partial charge >= 0.3 is 0 Å². The molecule has 4 nitrogen and oxygen atoms in total. The predicted octanol–water partition coefficient (Wildman–Crippen LogP) is 2.34. The van der Waals surface area contributed by atoms with Crippen LogP contribution in [-0.2, 0) is 10.0 Å². The summed E-state index contributed by atoms with van der Waals surface area (Å²) >= 11 is 4.32. The van der Waals surface area contributed by atoms with Crippen LogP contribution in [0.5, 0.6) is 0 Å². The maximum Gasteiger partial charge on any atom is 0.251 e. The van der Waals surface area contributed by atoms with Crippen molar-refractivity contribution >= 4 is 37.3 Å². The van der Waals surface area contributed by atoms with Gasteiger partial charge in [-0.25, -0.2) is 13.1 Å². The van der Waals surface area contributed by atoms with E-state index < -0.39 is 21.2 Å².